The predicted octanol–water partition coefficient (Wildman–Crippen LogP) is 2.39. The number of aromatic nitrogens is 1. The summed E-state index contributed by atoms with van der Waals surface area (Å²) < 4.78 is 1.93. The molecule has 1 heterocycles. The van der Waals surface area contributed by atoms with Gasteiger partial charge in [0.15, 0.2) is 0 Å². The molecular formula is C10H12BrNO. The first-order valence-corrected chi connectivity index (χ1v) is 5.63. The summed E-state index contributed by atoms with van der Waals surface area (Å²) in [5.74, 6) is 0. The van der Waals surface area contributed by atoms with Gasteiger partial charge in [-0.2, -0.15) is 0 Å². The van der Waals surface area contributed by atoms with Gasteiger partial charge in [0.25, 0.3) is 5.56 Å². The molecule has 0 N–H and O–H groups in total. The van der Waals surface area contributed by atoms with E-state index in [1.54, 1.807) is 0 Å². The Morgan fingerprint density at radius 1 is 1.54 bits per heavy atom. The van der Waals surface area contributed by atoms with Crippen LogP contribution in [-0.2, 0) is 5.33 Å². The summed E-state index contributed by atoms with van der Waals surface area (Å²) in [6.07, 6.45) is 2.32. The van der Waals surface area contributed by atoms with Crippen molar-refractivity contribution in [1.29, 1.82) is 0 Å². The fourth-order valence-electron chi connectivity index (χ4n) is 1.58. The molecule has 0 radical (unpaired) electrons. The van der Waals surface area contributed by atoms with Crippen LogP contribution in [0, 0.1) is 6.92 Å². The van der Waals surface area contributed by atoms with Gasteiger partial charge in [0, 0.05) is 22.6 Å². The van der Waals surface area contributed by atoms with E-state index in [0.717, 1.165) is 24.1 Å². The lowest BCUT2D eigenvalue weighted by molar-refractivity contribution is 0.676. The minimum Gasteiger partial charge on any atom is -0.310 e. The quantitative estimate of drug-likeness (QED) is 0.730. The Balaban J connectivity index is 2.57. The van der Waals surface area contributed by atoms with Gasteiger partial charge >= 0.3 is 0 Å². The highest BCUT2D eigenvalue weighted by Gasteiger charge is 2.26. The van der Waals surface area contributed by atoms with E-state index in [-0.39, 0.29) is 5.56 Å². The molecule has 1 aromatic rings. The molecule has 2 rings (SSSR count). The van der Waals surface area contributed by atoms with Gasteiger partial charge in [-0.15, -0.1) is 0 Å². The average Bonchev–Trinajstić information content (AvgIpc) is 2.89. The number of nitrogens with zero attached hydrogens (tertiary/aromatic N) is 1. The molecule has 0 aromatic carbocycles. The number of aryl methyl sites for hydroxylation is 1. The number of hydrogen-bond acceptors (Lipinski definition) is 1. The van der Waals surface area contributed by atoms with Crippen molar-refractivity contribution in [3.05, 3.63) is 33.7 Å². The van der Waals surface area contributed by atoms with E-state index >= 15 is 0 Å². The van der Waals surface area contributed by atoms with Crippen LogP contribution in [0.3, 0.4) is 0 Å². The highest BCUT2D eigenvalue weighted by molar-refractivity contribution is 9.08. The van der Waals surface area contributed by atoms with Crippen LogP contribution >= 0.6 is 15.9 Å². The SMILES string of the molecule is Cc1ccc(CBr)c(=O)n1C1CC1. The van der Waals surface area contributed by atoms with Gasteiger partial charge in [0.05, 0.1) is 0 Å². The maximum Gasteiger partial charge on any atom is 0.255 e. The fraction of sp³-hybridized carbons (Fsp3) is 0.500. The molecule has 2 nitrogen and oxygen atoms in total. The molecule has 0 atom stereocenters. The van der Waals surface area contributed by atoms with Crippen LogP contribution in [0.4, 0.5) is 0 Å². The van der Waals surface area contributed by atoms with Gasteiger partial charge in [-0.3, -0.25) is 4.79 Å². The Morgan fingerprint density at radius 3 is 2.77 bits per heavy atom. The standard InChI is InChI=1S/C10H12BrNO/c1-7-2-3-8(6-11)10(13)12(7)9-4-5-9/h2-3,9H,4-6H2,1H3. The van der Waals surface area contributed by atoms with E-state index in [2.05, 4.69) is 15.9 Å². The summed E-state index contributed by atoms with van der Waals surface area (Å²) in [6, 6.07) is 4.41. The van der Waals surface area contributed by atoms with E-state index in [0.29, 0.717) is 11.4 Å². The van der Waals surface area contributed by atoms with E-state index in [1.807, 2.05) is 23.6 Å². The molecule has 1 aliphatic carbocycles. The van der Waals surface area contributed by atoms with Crippen LogP contribution in [-0.4, -0.2) is 4.57 Å². The van der Waals surface area contributed by atoms with Crippen molar-refractivity contribution in [3.8, 4) is 0 Å². The molecule has 1 aromatic heterocycles. The zero-order valence-electron chi connectivity index (χ0n) is 7.59. The lowest BCUT2D eigenvalue weighted by Gasteiger charge is -2.09. The highest BCUT2D eigenvalue weighted by Crippen LogP contribution is 2.34. The van der Waals surface area contributed by atoms with Crippen LogP contribution in [0.2, 0.25) is 0 Å². The molecule has 0 bridgehead atoms. The van der Waals surface area contributed by atoms with E-state index in [4.69, 9.17) is 0 Å². The lowest BCUT2D eigenvalue weighted by Crippen LogP contribution is -2.23. The number of hydrogen-bond donors (Lipinski definition) is 0. The number of alkyl halides is 1. The molecule has 1 aliphatic rings. The summed E-state index contributed by atoms with van der Waals surface area (Å²) >= 11 is 3.32. The smallest absolute Gasteiger partial charge is 0.255 e. The van der Waals surface area contributed by atoms with Crippen molar-refractivity contribution in [2.24, 2.45) is 0 Å². The first kappa shape index (κ1) is 9.00. The predicted molar refractivity (Wildman–Crippen MR) is 56.3 cm³/mol. The summed E-state index contributed by atoms with van der Waals surface area (Å²) in [6.45, 7) is 2.00. The zero-order chi connectivity index (χ0) is 9.42. The third kappa shape index (κ3) is 1.57. The molecule has 0 aliphatic heterocycles. The number of pyridine rings is 1. The Morgan fingerprint density at radius 2 is 2.23 bits per heavy atom. The summed E-state index contributed by atoms with van der Waals surface area (Å²) in [7, 11) is 0. The third-order valence-corrected chi connectivity index (χ3v) is 3.06. The van der Waals surface area contributed by atoms with Crippen molar-refractivity contribution in [1.82, 2.24) is 4.57 Å². The van der Waals surface area contributed by atoms with Crippen LogP contribution < -0.4 is 5.56 Å². The minimum absolute atomic E-state index is 0.180. The molecular weight excluding hydrogens is 230 g/mol. The molecule has 0 unspecified atom stereocenters. The summed E-state index contributed by atoms with van der Waals surface area (Å²) in [4.78, 5) is 11.8. The van der Waals surface area contributed by atoms with Crippen molar-refractivity contribution in [2.45, 2.75) is 31.1 Å². The molecule has 70 valence electrons. The highest BCUT2D eigenvalue weighted by atomic mass is 79.9. The third-order valence-electron chi connectivity index (χ3n) is 2.46. The van der Waals surface area contributed by atoms with Gasteiger partial charge < -0.3 is 4.57 Å². The van der Waals surface area contributed by atoms with Gasteiger partial charge in [-0.25, -0.2) is 0 Å². The lowest BCUT2D eigenvalue weighted by atomic mass is 10.2. The van der Waals surface area contributed by atoms with Crippen LogP contribution in [0.5, 0.6) is 0 Å². The summed E-state index contributed by atoms with van der Waals surface area (Å²) in [5.41, 5.74) is 2.12. The monoisotopic (exact) mass is 241 g/mol. The largest absolute Gasteiger partial charge is 0.310 e. The second-order valence-corrected chi connectivity index (χ2v) is 4.10. The van der Waals surface area contributed by atoms with Crippen molar-refractivity contribution in [2.75, 3.05) is 0 Å². The van der Waals surface area contributed by atoms with E-state index in [9.17, 15) is 4.79 Å². The Labute approximate surface area is 85.7 Å². The second-order valence-electron chi connectivity index (χ2n) is 3.54. The van der Waals surface area contributed by atoms with Crippen molar-refractivity contribution < 1.29 is 0 Å². The molecule has 1 saturated carbocycles. The number of rotatable bonds is 2. The topological polar surface area (TPSA) is 22.0 Å². The zero-order valence-corrected chi connectivity index (χ0v) is 9.17. The van der Waals surface area contributed by atoms with Crippen molar-refractivity contribution >= 4 is 15.9 Å². The molecule has 3 heteroatoms. The number of halogens is 1. The average molecular weight is 242 g/mol. The van der Waals surface area contributed by atoms with Crippen molar-refractivity contribution in [3.63, 3.8) is 0 Å². The second kappa shape index (κ2) is 3.29. The van der Waals surface area contributed by atoms with Crippen LogP contribution in [0.15, 0.2) is 16.9 Å². The minimum atomic E-state index is 0.180. The van der Waals surface area contributed by atoms with E-state index < -0.39 is 0 Å². The molecule has 0 spiro atoms. The molecule has 1 fully saturated rings. The maximum absolute atomic E-state index is 11.8. The molecule has 0 amide bonds. The normalized spacial score (nSPS) is 16.2. The first-order chi connectivity index (χ1) is 6.24. The van der Waals surface area contributed by atoms with E-state index in [1.165, 1.54) is 0 Å². The fourth-order valence-corrected chi connectivity index (χ4v) is 2.00. The molecule has 13 heavy (non-hydrogen) atoms. The Bertz CT molecular complexity index is 379. The summed E-state index contributed by atoms with van der Waals surface area (Å²) in [5, 5.41) is 0.652. The van der Waals surface area contributed by atoms with Gasteiger partial charge in [0.2, 0.25) is 0 Å². The Kier molecular flexibility index (Phi) is 2.28. The first-order valence-electron chi connectivity index (χ1n) is 4.51. The van der Waals surface area contributed by atoms with Gasteiger partial charge in [0.1, 0.15) is 0 Å². The van der Waals surface area contributed by atoms with Gasteiger partial charge in [-0.05, 0) is 25.8 Å². The van der Waals surface area contributed by atoms with Crippen LogP contribution in [0.1, 0.15) is 30.1 Å². The maximum atomic E-state index is 11.8. The molecule has 0 saturated heterocycles. The van der Waals surface area contributed by atoms with Gasteiger partial charge in [-0.1, -0.05) is 22.0 Å². The Hall–Kier alpha value is -0.570. The van der Waals surface area contributed by atoms with Crippen LogP contribution in [0.25, 0.3) is 0 Å².